The highest BCUT2D eigenvalue weighted by atomic mass is 127. The van der Waals surface area contributed by atoms with Crippen LogP contribution in [0.5, 0.6) is 0 Å². The maximum atomic E-state index is 4.75. The van der Waals surface area contributed by atoms with E-state index >= 15 is 0 Å². The number of halogens is 1. The molecule has 2 N–H and O–H groups in total. The number of benzene rings is 1. The first-order chi connectivity index (χ1) is 12.3. The number of nitrogens with zero attached hydrogens (tertiary/aromatic N) is 2. The first-order valence-electron chi connectivity index (χ1n) is 9.77. The van der Waals surface area contributed by atoms with Crippen LogP contribution in [-0.4, -0.2) is 48.0 Å². The standard InChI is InChI=1S/C20H32N4S.HI/c1-2-21-20(23-15-19-6-5-13-25-19)22-14-17-7-9-18(10-8-17)16-24-11-3-4-12-24;/h7-10,19H,2-6,11-16H2,1H3,(H2,21,22,23);1H. The summed E-state index contributed by atoms with van der Waals surface area (Å²) < 4.78 is 0. The Labute approximate surface area is 180 Å². The van der Waals surface area contributed by atoms with E-state index in [0.717, 1.165) is 37.4 Å². The number of rotatable bonds is 7. The highest BCUT2D eigenvalue weighted by molar-refractivity contribution is 14.0. The Morgan fingerprint density at radius 1 is 1.12 bits per heavy atom. The van der Waals surface area contributed by atoms with Crippen molar-refractivity contribution in [1.82, 2.24) is 15.5 Å². The second-order valence-corrected chi connectivity index (χ2v) is 8.42. The van der Waals surface area contributed by atoms with Gasteiger partial charge in [0.25, 0.3) is 0 Å². The van der Waals surface area contributed by atoms with Crippen molar-refractivity contribution in [2.45, 2.75) is 50.9 Å². The number of aliphatic imine (C=N–C) groups is 1. The molecule has 0 amide bonds. The zero-order valence-corrected chi connectivity index (χ0v) is 19.0. The molecule has 1 unspecified atom stereocenters. The van der Waals surface area contributed by atoms with E-state index in [1.165, 1.54) is 55.7 Å². The van der Waals surface area contributed by atoms with Gasteiger partial charge in [0.1, 0.15) is 0 Å². The zero-order valence-electron chi connectivity index (χ0n) is 15.9. The minimum absolute atomic E-state index is 0. The summed E-state index contributed by atoms with van der Waals surface area (Å²) in [6.45, 7) is 8.37. The van der Waals surface area contributed by atoms with Gasteiger partial charge >= 0.3 is 0 Å². The van der Waals surface area contributed by atoms with Crippen molar-refractivity contribution >= 4 is 41.7 Å². The fourth-order valence-corrected chi connectivity index (χ4v) is 4.68. The second kappa shape index (κ2) is 12.1. The Morgan fingerprint density at radius 2 is 1.85 bits per heavy atom. The summed E-state index contributed by atoms with van der Waals surface area (Å²) in [5.74, 6) is 2.25. The second-order valence-electron chi connectivity index (χ2n) is 7.01. The Morgan fingerprint density at radius 3 is 2.50 bits per heavy atom. The van der Waals surface area contributed by atoms with Gasteiger partial charge in [0.15, 0.2) is 5.96 Å². The van der Waals surface area contributed by atoms with Crippen molar-refractivity contribution in [2.24, 2.45) is 4.99 Å². The van der Waals surface area contributed by atoms with E-state index in [1.807, 2.05) is 0 Å². The fourth-order valence-electron chi connectivity index (χ4n) is 3.48. The zero-order chi connectivity index (χ0) is 17.3. The Hall–Kier alpha value is -0.470. The lowest BCUT2D eigenvalue weighted by Crippen LogP contribution is -2.40. The first kappa shape index (κ1) is 21.8. The molecular formula is C20H33IN4S. The lowest BCUT2D eigenvalue weighted by Gasteiger charge is -2.15. The molecule has 2 fully saturated rings. The van der Waals surface area contributed by atoms with Crippen LogP contribution in [0.25, 0.3) is 0 Å². The van der Waals surface area contributed by atoms with E-state index in [2.05, 4.69) is 58.5 Å². The van der Waals surface area contributed by atoms with Crippen molar-refractivity contribution in [3.05, 3.63) is 35.4 Å². The molecule has 0 aliphatic carbocycles. The number of thioether (sulfide) groups is 1. The van der Waals surface area contributed by atoms with Crippen LogP contribution in [0.3, 0.4) is 0 Å². The van der Waals surface area contributed by atoms with Gasteiger partial charge in [-0.3, -0.25) is 4.90 Å². The van der Waals surface area contributed by atoms with Crippen molar-refractivity contribution in [3.63, 3.8) is 0 Å². The topological polar surface area (TPSA) is 39.7 Å². The molecule has 1 atom stereocenters. The molecular weight excluding hydrogens is 455 g/mol. The molecule has 2 heterocycles. The number of nitrogens with one attached hydrogen (secondary N) is 2. The summed E-state index contributed by atoms with van der Waals surface area (Å²) >= 11 is 2.08. The molecule has 2 aliphatic rings. The van der Waals surface area contributed by atoms with Gasteiger partial charge in [0.05, 0.1) is 6.54 Å². The van der Waals surface area contributed by atoms with Gasteiger partial charge in [-0.05, 0) is 62.6 Å². The van der Waals surface area contributed by atoms with Crippen molar-refractivity contribution < 1.29 is 0 Å². The number of hydrogen-bond acceptors (Lipinski definition) is 3. The quantitative estimate of drug-likeness (QED) is 0.348. The molecule has 26 heavy (non-hydrogen) atoms. The van der Waals surface area contributed by atoms with Gasteiger partial charge in [0.2, 0.25) is 0 Å². The highest BCUT2D eigenvalue weighted by Gasteiger charge is 2.15. The van der Waals surface area contributed by atoms with E-state index < -0.39 is 0 Å². The van der Waals surface area contributed by atoms with Crippen molar-refractivity contribution in [3.8, 4) is 0 Å². The van der Waals surface area contributed by atoms with Gasteiger partial charge in [-0.1, -0.05) is 24.3 Å². The summed E-state index contributed by atoms with van der Waals surface area (Å²) in [7, 11) is 0. The number of hydrogen-bond donors (Lipinski definition) is 2. The molecule has 6 heteroatoms. The molecule has 2 saturated heterocycles. The predicted octanol–water partition coefficient (Wildman–Crippen LogP) is 3.85. The summed E-state index contributed by atoms with van der Waals surface area (Å²) in [6, 6.07) is 8.98. The van der Waals surface area contributed by atoms with Crippen LogP contribution in [-0.2, 0) is 13.1 Å². The van der Waals surface area contributed by atoms with Crippen LogP contribution in [0.2, 0.25) is 0 Å². The maximum absolute atomic E-state index is 4.75. The summed E-state index contributed by atoms with van der Waals surface area (Å²) in [5, 5.41) is 7.61. The molecule has 146 valence electrons. The molecule has 2 aliphatic heterocycles. The van der Waals surface area contributed by atoms with Gasteiger partial charge in [-0.25, -0.2) is 4.99 Å². The average Bonchev–Trinajstić information content (AvgIpc) is 3.32. The summed E-state index contributed by atoms with van der Waals surface area (Å²) in [6.07, 6.45) is 5.39. The smallest absolute Gasteiger partial charge is 0.191 e. The van der Waals surface area contributed by atoms with E-state index in [-0.39, 0.29) is 24.0 Å². The average molecular weight is 488 g/mol. The minimum Gasteiger partial charge on any atom is -0.357 e. The normalized spacial score (nSPS) is 20.8. The van der Waals surface area contributed by atoms with Gasteiger partial charge in [0, 0.05) is 24.9 Å². The Balaban J connectivity index is 0.00000243. The molecule has 0 bridgehead atoms. The monoisotopic (exact) mass is 488 g/mol. The molecule has 1 aromatic rings. The molecule has 1 aromatic carbocycles. The van der Waals surface area contributed by atoms with E-state index in [0.29, 0.717) is 0 Å². The molecule has 4 nitrogen and oxygen atoms in total. The SMILES string of the molecule is CCNC(=NCc1ccc(CN2CCCC2)cc1)NCC1CCCS1.I. The van der Waals surface area contributed by atoms with Gasteiger partial charge in [-0.2, -0.15) is 11.8 Å². The van der Waals surface area contributed by atoms with Gasteiger partial charge < -0.3 is 10.6 Å². The number of guanidine groups is 1. The van der Waals surface area contributed by atoms with Crippen LogP contribution in [0.15, 0.2) is 29.3 Å². The fraction of sp³-hybridized carbons (Fsp3) is 0.650. The molecule has 0 aromatic heterocycles. The van der Waals surface area contributed by atoms with Crippen LogP contribution < -0.4 is 10.6 Å². The summed E-state index contributed by atoms with van der Waals surface area (Å²) in [4.78, 5) is 7.30. The van der Waals surface area contributed by atoms with E-state index in [4.69, 9.17) is 4.99 Å². The van der Waals surface area contributed by atoms with Crippen LogP contribution in [0.1, 0.15) is 43.7 Å². The predicted molar refractivity (Wildman–Crippen MR) is 125 cm³/mol. The summed E-state index contributed by atoms with van der Waals surface area (Å²) in [5.41, 5.74) is 2.69. The third-order valence-electron chi connectivity index (χ3n) is 4.91. The van der Waals surface area contributed by atoms with Gasteiger partial charge in [-0.15, -0.1) is 24.0 Å². The van der Waals surface area contributed by atoms with Crippen LogP contribution in [0.4, 0.5) is 0 Å². The molecule has 0 saturated carbocycles. The van der Waals surface area contributed by atoms with Crippen LogP contribution in [0, 0.1) is 0 Å². The lowest BCUT2D eigenvalue weighted by molar-refractivity contribution is 0.331. The highest BCUT2D eigenvalue weighted by Crippen LogP contribution is 2.25. The van der Waals surface area contributed by atoms with Crippen molar-refractivity contribution in [1.29, 1.82) is 0 Å². The van der Waals surface area contributed by atoms with E-state index in [1.54, 1.807) is 0 Å². The number of likely N-dealkylation sites (tertiary alicyclic amines) is 1. The lowest BCUT2D eigenvalue weighted by atomic mass is 10.1. The minimum atomic E-state index is 0. The molecule has 0 radical (unpaired) electrons. The third kappa shape index (κ3) is 7.27. The first-order valence-corrected chi connectivity index (χ1v) is 10.8. The maximum Gasteiger partial charge on any atom is 0.191 e. The third-order valence-corrected chi connectivity index (χ3v) is 6.31. The van der Waals surface area contributed by atoms with E-state index in [9.17, 15) is 0 Å². The van der Waals surface area contributed by atoms with Crippen LogP contribution >= 0.6 is 35.7 Å². The van der Waals surface area contributed by atoms with Crippen molar-refractivity contribution in [2.75, 3.05) is 31.9 Å². The Kier molecular flexibility index (Phi) is 10.1. The Bertz CT molecular complexity index is 537. The largest absolute Gasteiger partial charge is 0.357 e. The molecule has 3 rings (SSSR count). The molecule has 0 spiro atoms.